The number of carboxylic acid groups (broad SMARTS) is 1. The third kappa shape index (κ3) is 5.35. The van der Waals surface area contributed by atoms with Crippen LogP contribution in [0.15, 0.2) is 18.2 Å². The quantitative estimate of drug-likeness (QED) is 0.582. The van der Waals surface area contributed by atoms with Gasteiger partial charge in [0.2, 0.25) is 5.91 Å². The number of rotatable bonds is 6. The summed E-state index contributed by atoms with van der Waals surface area (Å²) < 4.78 is 30.2. The molecule has 7 heteroatoms. The Balaban J connectivity index is 2.37. The van der Waals surface area contributed by atoms with E-state index in [0.717, 1.165) is 12.1 Å². The number of carbonyl (C=O) groups excluding carboxylic acids is 1. The Morgan fingerprint density at radius 1 is 1.22 bits per heavy atom. The van der Waals surface area contributed by atoms with Crippen LogP contribution in [0.25, 0.3) is 0 Å². The van der Waals surface area contributed by atoms with Gasteiger partial charge in [-0.25, -0.2) is 13.6 Å². The lowest BCUT2D eigenvalue weighted by atomic mass is 10.1. The summed E-state index contributed by atoms with van der Waals surface area (Å²) in [6, 6.07) is 2.79. The van der Waals surface area contributed by atoms with Crippen LogP contribution in [-0.4, -0.2) is 30.3 Å². The lowest BCUT2D eigenvalue weighted by molar-refractivity contribution is -0.143. The van der Waals surface area contributed by atoms with Gasteiger partial charge in [-0.2, -0.15) is 0 Å². The van der Waals surface area contributed by atoms with Gasteiger partial charge in [0.05, 0.1) is 6.42 Å². The second-order valence-electron chi connectivity index (χ2n) is 3.44. The highest BCUT2D eigenvalue weighted by Crippen LogP contribution is 2.08. The molecule has 1 aromatic carbocycles. The first-order chi connectivity index (χ1) is 8.47. The van der Waals surface area contributed by atoms with Crippen molar-refractivity contribution in [2.45, 2.75) is 6.42 Å². The first-order valence-corrected chi connectivity index (χ1v) is 4.98. The first-order valence-electron chi connectivity index (χ1n) is 4.98. The summed E-state index contributed by atoms with van der Waals surface area (Å²) >= 11 is 0. The molecule has 1 aromatic rings. The number of benzene rings is 1. The third-order valence-electron chi connectivity index (χ3n) is 1.88. The highest BCUT2D eigenvalue weighted by Gasteiger charge is 2.06. The van der Waals surface area contributed by atoms with Crippen LogP contribution in [0.1, 0.15) is 5.56 Å². The van der Waals surface area contributed by atoms with E-state index in [2.05, 4.69) is 10.1 Å². The number of amides is 1. The molecule has 0 aliphatic rings. The molecule has 18 heavy (non-hydrogen) atoms. The van der Waals surface area contributed by atoms with Crippen molar-refractivity contribution in [2.75, 3.05) is 13.3 Å². The average molecular weight is 259 g/mol. The fourth-order valence-electron chi connectivity index (χ4n) is 1.23. The number of carboxylic acids is 1. The lowest BCUT2D eigenvalue weighted by Gasteiger charge is -2.05. The summed E-state index contributed by atoms with van der Waals surface area (Å²) in [6.07, 6.45) is -0.217. The summed E-state index contributed by atoms with van der Waals surface area (Å²) in [5.74, 6) is -3.21. The van der Waals surface area contributed by atoms with Crippen LogP contribution in [-0.2, 0) is 20.7 Å². The molecule has 0 atom stereocenters. The number of aliphatic carboxylic acids is 1. The summed E-state index contributed by atoms with van der Waals surface area (Å²) in [6.45, 7) is -0.808. The average Bonchev–Trinajstić information content (AvgIpc) is 2.22. The Labute approximate surface area is 101 Å². The van der Waals surface area contributed by atoms with E-state index in [9.17, 15) is 18.4 Å². The van der Waals surface area contributed by atoms with Crippen LogP contribution in [0.4, 0.5) is 8.78 Å². The summed E-state index contributed by atoms with van der Waals surface area (Å²) in [5, 5.41) is 10.5. The molecule has 0 fully saturated rings. The molecule has 1 amide bonds. The molecule has 0 heterocycles. The number of halogens is 2. The molecule has 0 saturated heterocycles. The van der Waals surface area contributed by atoms with Crippen LogP contribution >= 0.6 is 0 Å². The second-order valence-corrected chi connectivity index (χ2v) is 3.44. The topological polar surface area (TPSA) is 75.6 Å². The molecule has 1 rings (SSSR count). The maximum absolute atomic E-state index is 12.8. The van der Waals surface area contributed by atoms with Gasteiger partial charge in [0, 0.05) is 6.07 Å². The second kappa shape index (κ2) is 6.65. The van der Waals surface area contributed by atoms with E-state index in [4.69, 9.17) is 5.11 Å². The van der Waals surface area contributed by atoms with Gasteiger partial charge in [0.15, 0.2) is 0 Å². The van der Waals surface area contributed by atoms with Crippen molar-refractivity contribution in [3.05, 3.63) is 35.4 Å². The van der Waals surface area contributed by atoms with Crippen LogP contribution in [0.5, 0.6) is 0 Å². The number of carbonyl (C=O) groups is 2. The van der Waals surface area contributed by atoms with Crippen molar-refractivity contribution in [3.8, 4) is 0 Å². The van der Waals surface area contributed by atoms with E-state index in [1.165, 1.54) is 0 Å². The molecule has 0 bridgehead atoms. The molecule has 0 spiro atoms. The lowest BCUT2D eigenvalue weighted by Crippen LogP contribution is -2.28. The fraction of sp³-hybridized carbons (Fsp3) is 0.273. The standard InChI is InChI=1S/C11H11F2NO4/c12-8-1-7(2-9(13)4-8)3-10(15)14-6-18-5-11(16)17/h1-2,4H,3,5-6H2,(H,14,15)(H,16,17). The first kappa shape index (κ1) is 14.0. The van der Waals surface area contributed by atoms with E-state index >= 15 is 0 Å². The Hall–Kier alpha value is -2.02. The molecule has 98 valence electrons. The highest BCUT2D eigenvalue weighted by molar-refractivity contribution is 5.78. The van der Waals surface area contributed by atoms with Gasteiger partial charge < -0.3 is 15.2 Å². The molecule has 2 N–H and O–H groups in total. The van der Waals surface area contributed by atoms with Crippen molar-refractivity contribution in [3.63, 3.8) is 0 Å². The van der Waals surface area contributed by atoms with Crippen LogP contribution in [0.2, 0.25) is 0 Å². The minimum atomic E-state index is -1.16. The largest absolute Gasteiger partial charge is 0.480 e. The number of hydrogen-bond donors (Lipinski definition) is 2. The zero-order valence-corrected chi connectivity index (χ0v) is 9.28. The third-order valence-corrected chi connectivity index (χ3v) is 1.88. The van der Waals surface area contributed by atoms with Gasteiger partial charge >= 0.3 is 5.97 Å². The summed E-state index contributed by atoms with van der Waals surface area (Å²) in [7, 11) is 0. The predicted octanol–water partition coefficient (Wildman–Crippen LogP) is 0.682. The van der Waals surface area contributed by atoms with Gasteiger partial charge in [0.1, 0.15) is 25.0 Å². The van der Waals surface area contributed by atoms with E-state index in [1.54, 1.807) is 0 Å². The molecular formula is C11H11F2NO4. The van der Waals surface area contributed by atoms with Gasteiger partial charge in [-0.05, 0) is 17.7 Å². The van der Waals surface area contributed by atoms with Crippen molar-refractivity contribution >= 4 is 11.9 Å². The molecule has 5 nitrogen and oxygen atoms in total. The van der Waals surface area contributed by atoms with Crippen LogP contribution < -0.4 is 5.32 Å². The minimum Gasteiger partial charge on any atom is -0.480 e. The Kier molecular flexibility index (Phi) is 5.19. The molecule has 0 saturated carbocycles. The van der Waals surface area contributed by atoms with Gasteiger partial charge in [-0.3, -0.25) is 4.79 Å². The molecule has 0 unspecified atom stereocenters. The maximum Gasteiger partial charge on any atom is 0.329 e. The highest BCUT2D eigenvalue weighted by atomic mass is 19.1. The van der Waals surface area contributed by atoms with Crippen molar-refractivity contribution in [2.24, 2.45) is 0 Å². The number of ether oxygens (including phenoxy) is 1. The van der Waals surface area contributed by atoms with Crippen LogP contribution in [0, 0.1) is 11.6 Å². The fourth-order valence-corrected chi connectivity index (χ4v) is 1.23. The van der Waals surface area contributed by atoms with E-state index in [1.807, 2.05) is 0 Å². The summed E-state index contributed by atoms with van der Waals surface area (Å²) in [4.78, 5) is 21.4. The smallest absolute Gasteiger partial charge is 0.329 e. The normalized spacial score (nSPS) is 10.1. The van der Waals surface area contributed by atoms with Crippen LogP contribution in [0.3, 0.4) is 0 Å². The SMILES string of the molecule is O=C(O)COCNC(=O)Cc1cc(F)cc(F)c1. The van der Waals surface area contributed by atoms with E-state index < -0.39 is 30.1 Å². The van der Waals surface area contributed by atoms with Gasteiger partial charge in [0.25, 0.3) is 0 Å². The Bertz CT molecular complexity index is 430. The monoisotopic (exact) mass is 259 g/mol. The predicted molar refractivity (Wildman–Crippen MR) is 56.7 cm³/mol. The van der Waals surface area contributed by atoms with Gasteiger partial charge in [-0.15, -0.1) is 0 Å². The number of nitrogens with one attached hydrogen (secondary N) is 1. The van der Waals surface area contributed by atoms with Crippen molar-refractivity contribution in [1.82, 2.24) is 5.32 Å². The molecular weight excluding hydrogens is 248 g/mol. The molecule has 0 aliphatic carbocycles. The Morgan fingerprint density at radius 3 is 2.39 bits per heavy atom. The number of hydrogen-bond acceptors (Lipinski definition) is 3. The van der Waals surface area contributed by atoms with Gasteiger partial charge in [-0.1, -0.05) is 0 Å². The maximum atomic E-state index is 12.8. The molecule has 0 radical (unpaired) electrons. The minimum absolute atomic E-state index is 0.184. The zero-order valence-electron chi connectivity index (χ0n) is 9.28. The molecule has 0 aromatic heterocycles. The zero-order chi connectivity index (χ0) is 13.5. The molecule has 0 aliphatic heterocycles. The summed E-state index contributed by atoms with van der Waals surface area (Å²) in [5.41, 5.74) is 0.184. The van der Waals surface area contributed by atoms with E-state index in [0.29, 0.717) is 6.07 Å². The van der Waals surface area contributed by atoms with E-state index in [-0.39, 0.29) is 18.7 Å². The Morgan fingerprint density at radius 2 is 1.83 bits per heavy atom. The van der Waals surface area contributed by atoms with Crippen molar-refractivity contribution in [1.29, 1.82) is 0 Å². The van der Waals surface area contributed by atoms with Crippen molar-refractivity contribution < 1.29 is 28.2 Å².